The molecule has 2 heteroatoms. The number of aryl methyl sites for hydroxylation is 1. The van der Waals surface area contributed by atoms with Gasteiger partial charge in [-0.3, -0.25) is 0 Å². The Morgan fingerprint density at radius 2 is 1.02 bits per heavy atom. The first-order valence-corrected chi connectivity index (χ1v) is 17.9. The van der Waals surface area contributed by atoms with Crippen LogP contribution in [0.2, 0.25) is 0 Å². The van der Waals surface area contributed by atoms with Crippen LogP contribution in [0.4, 0.5) is 0 Å². The number of ether oxygens (including phenoxy) is 1. The van der Waals surface area contributed by atoms with Gasteiger partial charge in [0.05, 0.1) is 6.61 Å². The zero-order valence-electron chi connectivity index (χ0n) is 28.9. The third-order valence-electron chi connectivity index (χ3n) is 11.7. The summed E-state index contributed by atoms with van der Waals surface area (Å²) >= 11 is 0. The number of esters is 1. The summed E-state index contributed by atoms with van der Waals surface area (Å²) in [5.74, 6) is -0.361. The molecule has 2 aliphatic rings. The molecule has 0 saturated carbocycles. The summed E-state index contributed by atoms with van der Waals surface area (Å²) in [6.45, 7) is 13.3. The predicted molar refractivity (Wildman–Crippen MR) is 200 cm³/mol. The first-order chi connectivity index (χ1) is 23.4. The second-order valence-electron chi connectivity index (χ2n) is 13.6. The minimum absolute atomic E-state index is 0.0247. The van der Waals surface area contributed by atoms with Crippen LogP contribution in [-0.4, -0.2) is 12.6 Å². The summed E-state index contributed by atoms with van der Waals surface area (Å²) in [5, 5.41) is 0. The van der Waals surface area contributed by atoms with Crippen molar-refractivity contribution in [1.82, 2.24) is 0 Å². The van der Waals surface area contributed by atoms with Crippen LogP contribution in [0.25, 0.3) is 44.5 Å². The van der Waals surface area contributed by atoms with E-state index in [-0.39, 0.29) is 16.8 Å². The van der Waals surface area contributed by atoms with E-state index in [1.165, 1.54) is 78.4 Å². The quantitative estimate of drug-likeness (QED) is 0.0824. The highest BCUT2D eigenvalue weighted by atomic mass is 16.5. The first-order valence-electron chi connectivity index (χ1n) is 17.9. The van der Waals surface area contributed by atoms with E-state index >= 15 is 0 Å². The molecule has 242 valence electrons. The lowest BCUT2D eigenvalue weighted by atomic mass is 9.72. The van der Waals surface area contributed by atoms with Crippen LogP contribution in [0.3, 0.4) is 0 Å². The number of hydrogen-bond acceptors (Lipinski definition) is 2. The fraction of sp³-hybridized carbons (Fsp3) is 0.283. The van der Waals surface area contributed by atoms with Crippen LogP contribution < -0.4 is 0 Å². The van der Waals surface area contributed by atoms with E-state index < -0.39 is 0 Å². The van der Waals surface area contributed by atoms with E-state index in [1.807, 2.05) is 0 Å². The average molecular weight is 631 g/mol. The highest BCUT2D eigenvalue weighted by Gasteiger charge is 2.42. The predicted octanol–water partition coefficient (Wildman–Crippen LogP) is 11.9. The molecule has 7 rings (SSSR count). The van der Waals surface area contributed by atoms with Gasteiger partial charge in [0.15, 0.2) is 0 Å². The molecular formula is C46H46O2. The third-order valence-corrected chi connectivity index (χ3v) is 11.7. The Morgan fingerprint density at radius 3 is 1.52 bits per heavy atom. The lowest BCUT2D eigenvalue weighted by Crippen LogP contribution is -2.23. The average Bonchev–Trinajstić information content (AvgIpc) is 3.59. The zero-order valence-corrected chi connectivity index (χ0v) is 28.9. The number of hydrogen-bond donors (Lipinski definition) is 0. The Morgan fingerprint density at radius 1 is 0.583 bits per heavy atom. The maximum absolute atomic E-state index is 11.3. The van der Waals surface area contributed by atoms with Crippen molar-refractivity contribution in [1.29, 1.82) is 0 Å². The van der Waals surface area contributed by atoms with Crippen LogP contribution in [0.1, 0.15) is 87.6 Å². The molecular weight excluding hydrogens is 585 g/mol. The molecule has 0 unspecified atom stereocenters. The smallest absolute Gasteiger partial charge is 0.330 e. The molecule has 0 heterocycles. The van der Waals surface area contributed by atoms with Gasteiger partial charge in [-0.1, -0.05) is 119 Å². The molecule has 5 aromatic carbocycles. The molecule has 0 atom stereocenters. The minimum atomic E-state index is -0.361. The molecule has 48 heavy (non-hydrogen) atoms. The minimum Gasteiger partial charge on any atom is -0.463 e. The van der Waals surface area contributed by atoms with Gasteiger partial charge < -0.3 is 4.74 Å². The molecule has 2 nitrogen and oxygen atoms in total. The maximum atomic E-state index is 11.3. The Hall–Kier alpha value is -4.69. The number of fused-ring (bicyclic) bond motifs is 6. The van der Waals surface area contributed by atoms with Gasteiger partial charge in [-0.05, 0) is 129 Å². The van der Waals surface area contributed by atoms with Gasteiger partial charge in [0, 0.05) is 16.9 Å². The highest BCUT2D eigenvalue weighted by Crippen LogP contribution is 2.56. The lowest BCUT2D eigenvalue weighted by molar-refractivity contribution is -0.137. The summed E-state index contributed by atoms with van der Waals surface area (Å²) in [4.78, 5) is 11.3. The molecule has 0 amide bonds. The van der Waals surface area contributed by atoms with Crippen LogP contribution in [0.15, 0.2) is 116 Å². The molecule has 2 aliphatic carbocycles. The molecule has 0 aromatic heterocycles. The van der Waals surface area contributed by atoms with Crippen LogP contribution in [-0.2, 0) is 26.8 Å². The maximum Gasteiger partial charge on any atom is 0.330 e. The molecule has 0 radical (unpaired) electrons. The monoisotopic (exact) mass is 630 g/mol. The molecule has 0 saturated heterocycles. The van der Waals surface area contributed by atoms with Crippen molar-refractivity contribution in [3.05, 3.63) is 144 Å². The number of rotatable bonds is 11. The van der Waals surface area contributed by atoms with Crippen LogP contribution >= 0.6 is 0 Å². The van der Waals surface area contributed by atoms with Crippen molar-refractivity contribution < 1.29 is 9.53 Å². The summed E-state index contributed by atoms with van der Waals surface area (Å²) in [6.07, 6.45) is 7.19. The van der Waals surface area contributed by atoms with Gasteiger partial charge in [0.1, 0.15) is 0 Å². The molecule has 0 aliphatic heterocycles. The molecule has 0 N–H and O–H groups in total. The third kappa shape index (κ3) is 4.96. The van der Waals surface area contributed by atoms with E-state index in [0.717, 1.165) is 38.5 Å². The van der Waals surface area contributed by atoms with Crippen molar-refractivity contribution in [3.63, 3.8) is 0 Å². The van der Waals surface area contributed by atoms with Crippen molar-refractivity contribution in [3.8, 4) is 44.5 Å². The second kappa shape index (κ2) is 12.7. The molecule has 0 spiro atoms. The first kappa shape index (κ1) is 31.9. The normalized spacial score (nSPS) is 14.5. The van der Waals surface area contributed by atoms with Gasteiger partial charge in [0.2, 0.25) is 0 Å². The van der Waals surface area contributed by atoms with Crippen molar-refractivity contribution in [2.45, 2.75) is 77.0 Å². The Bertz CT molecular complexity index is 2000. The zero-order chi connectivity index (χ0) is 33.5. The fourth-order valence-electron chi connectivity index (χ4n) is 8.88. The SMILES string of the molecule is C=CC(=O)OCCCc1ccc(-c2ccc3c(c2)C(CC)(CC)c2cc(-c4ccc5c(c4)C(CC)(CC)c4ccccc4-5)ccc2-3)cc1. The highest BCUT2D eigenvalue weighted by molar-refractivity contribution is 5.88. The number of carbonyl (C=O) groups is 1. The molecule has 0 bridgehead atoms. The topological polar surface area (TPSA) is 26.3 Å². The number of carbonyl (C=O) groups excluding carboxylic acids is 1. The second-order valence-corrected chi connectivity index (χ2v) is 13.6. The van der Waals surface area contributed by atoms with Gasteiger partial charge in [0.25, 0.3) is 0 Å². The number of benzene rings is 5. The van der Waals surface area contributed by atoms with Crippen LogP contribution in [0, 0.1) is 0 Å². The summed E-state index contributed by atoms with van der Waals surface area (Å²) in [5.41, 5.74) is 17.8. The summed E-state index contributed by atoms with van der Waals surface area (Å²) in [7, 11) is 0. The molecule has 5 aromatic rings. The van der Waals surface area contributed by atoms with E-state index in [0.29, 0.717) is 6.61 Å². The van der Waals surface area contributed by atoms with Crippen molar-refractivity contribution in [2.24, 2.45) is 0 Å². The Labute approximate surface area is 286 Å². The van der Waals surface area contributed by atoms with Gasteiger partial charge in [-0.25, -0.2) is 4.79 Å². The van der Waals surface area contributed by atoms with E-state index in [2.05, 4.69) is 137 Å². The largest absolute Gasteiger partial charge is 0.463 e. The Balaban J connectivity index is 1.21. The van der Waals surface area contributed by atoms with Crippen LogP contribution in [0.5, 0.6) is 0 Å². The lowest BCUT2D eigenvalue weighted by Gasteiger charge is -2.31. The van der Waals surface area contributed by atoms with E-state index in [9.17, 15) is 4.79 Å². The summed E-state index contributed by atoms with van der Waals surface area (Å²) < 4.78 is 5.14. The van der Waals surface area contributed by atoms with Gasteiger partial charge >= 0.3 is 5.97 Å². The van der Waals surface area contributed by atoms with E-state index in [1.54, 1.807) is 0 Å². The van der Waals surface area contributed by atoms with Gasteiger partial charge in [-0.15, -0.1) is 0 Å². The molecule has 0 fully saturated rings. The Kier molecular flexibility index (Phi) is 8.46. The fourth-order valence-corrected chi connectivity index (χ4v) is 8.88. The van der Waals surface area contributed by atoms with Gasteiger partial charge in [-0.2, -0.15) is 0 Å². The standard InChI is InChI=1S/C46H46O2/c1-6-44(47)48-27-13-14-31-17-19-32(20-18-31)33-21-24-38-39-26-23-35(30-43(39)46(9-4,10-5)42(38)28-33)34-22-25-37-36-15-11-12-16-40(36)45(7-2,8-3)41(37)29-34/h6,11-12,15-26,28-30H,1,7-10,13-14,27H2,2-5H3. The van der Waals surface area contributed by atoms with E-state index in [4.69, 9.17) is 4.74 Å². The van der Waals surface area contributed by atoms with Crippen molar-refractivity contribution in [2.75, 3.05) is 6.61 Å². The van der Waals surface area contributed by atoms with Crippen molar-refractivity contribution >= 4 is 5.97 Å². The summed E-state index contributed by atoms with van der Waals surface area (Å²) in [6, 6.07) is 39.4.